The summed E-state index contributed by atoms with van der Waals surface area (Å²) in [6, 6.07) is 5.30. The van der Waals surface area contributed by atoms with Gasteiger partial charge in [-0.3, -0.25) is 20.0 Å². The van der Waals surface area contributed by atoms with E-state index in [1.165, 1.54) is 29.2 Å². The summed E-state index contributed by atoms with van der Waals surface area (Å²) in [7, 11) is 0. The third-order valence-corrected chi connectivity index (χ3v) is 2.46. The van der Waals surface area contributed by atoms with Crippen LogP contribution in [-0.4, -0.2) is 28.3 Å². The average Bonchev–Trinajstić information content (AvgIpc) is 2.40. The van der Waals surface area contributed by atoms with Gasteiger partial charge in [-0.1, -0.05) is 0 Å². The van der Waals surface area contributed by atoms with E-state index in [2.05, 4.69) is 4.99 Å². The molecule has 1 aromatic rings. The summed E-state index contributed by atoms with van der Waals surface area (Å²) in [5.74, 6) is 0.246. The molecule has 0 aliphatic carbocycles. The topological polar surface area (TPSA) is 85.0 Å². The van der Waals surface area contributed by atoms with E-state index in [1.807, 2.05) is 6.92 Å². The van der Waals surface area contributed by atoms with Crippen molar-refractivity contribution < 1.29 is 14.5 Å². The molecule has 1 heterocycles. The largest absolute Gasteiger partial charge is 0.420 e. The first-order chi connectivity index (χ1) is 9.06. The van der Waals surface area contributed by atoms with Gasteiger partial charge < -0.3 is 4.74 Å². The Bertz CT molecular complexity index is 563. The molecule has 0 spiro atoms. The van der Waals surface area contributed by atoms with E-state index in [0.29, 0.717) is 0 Å². The molecule has 0 saturated heterocycles. The predicted molar refractivity (Wildman–Crippen MR) is 68.1 cm³/mol. The molecule has 0 bridgehead atoms. The summed E-state index contributed by atoms with van der Waals surface area (Å²) in [6.45, 7) is 2.03. The first kappa shape index (κ1) is 12.7. The Balaban J connectivity index is 1.99. The molecular formula is C12H11N3O4. The lowest BCUT2D eigenvalue weighted by molar-refractivity contribution is -0.384. The summed E-state index contributed by atoms with van der Waals surface area (Å²) in [4.78, 5) is 27.1. The number of ether oxygens (including phenoxy) is 1. The summed E-state index contributed by atoms with van der Waals surface area (Å²) >= 11 is 0. The fourth-order valence-corrected chi connectivity index (χ4v) is 1.40. The average molecular weight is 261 g/mol. The minimum absolute atomic E-state index is 0.0575. The lowest BCUT2D eigenvalue weighted by Gasteiger charge is -2.18. The lowest BCUT2D eigenvalue weighted by Crippen LogP contribution is -2.31. The maximum Gasteiger partial charge on any atom is 0.420 e. The van der Waals surface area contributed by atoms with E-state index in [0.717, 1.165) is 5.71 Å². The van der Waals surface area contributed by atoms with Gasteiger partial charge in [0.15, 0.2) is 0 Å². The maximum absolute atomic E-state index is 11.7. The number of nitro benzene ring substituents is 1. The number of hydrogen-bond acceptors (Lipinski definition) is 5. The van der Waals surface area contributed by atoms with Gasteiger partial charge in [0, 0.05) is 24.0 Å². The van der Waals surface area contributed by atoms with E-state index in [9.17, 15) is 14.9 Å². The van der Waals surface area contributed by atoms with Crippen LogP contribution in [0.3, 0.4) is 0 Å². The van der Waals surface area contributed by atoms with Crippen molar-refractivity contribution >= 4 is 17.5 Å². The second-order valence-electron chi connectivity index (χ2n) is 3.85. The first-order valence-corrected chi connectivity index (χ1v) is 5.48. The standard InChI is InChI=1S/C12H11N3O4/c1-9-6-7-14(8-13-9)12(16)19-11-4-2-10(3-5-11)15(17)18/h2-7H,8H2,1H3. The van der Waals surface area contributed by atoms with Crippen LogP contribution < -0.4 is 4.74 Å². The minimum atomic E-state index is -0.582. The fraction of sp³-hybridized carbons (Fsp3) is 0.167. The van der Waals surface area contributed by atoms with Crippen LogP contribution in [0.4, 0.5) is 10.5 Å². The molecule has 0 unspecified atom stereocenters. The molecule has 1 aliphatic heterocycles. The summed E-state index contributed by atoms with van der Waals surface area (Å²) < 4.78 is 5.07. The third kappa shape index (κ3) is 3.15. The van der Waals surface area contributed by atoms with Crippen molar-refractivity contribution in [1.29, 1.82) is 0 Å². The predicted octanol–water partition coefficient (Wildman–Crippen LogP) is 2.34. The molecule has 0 aromatic heterocycles. The summed E-state index contributed by atoms with van der Waals surface area (Å²) in [5.41, 5.74) is 0.775. The minimum Gasteiger partial charge on any atom is -0.410 e. The molecule has 1 amide bonds. The van der Waals surface area contributed by atoms with Gasteiger partial charge in [0.25, 0.3) is 5.69 Å². The van der Waals surface area contributed by atoms with Gasteiger partial charge >= 0.3 is 6.09 Å². The molecule has 0 saturated carbocycles. The van der Waals surface area contributed by atoms with Gasteiger partial charge in [0.1, 0.15) is 12.4 Å². The van der Waals surface area contributed by atoms with Crippen LogP contribution in [0.1, 0.15) is 6.92 Å². The Morgan fingerprint density at radius 1 is 1.42 bits per heavy atom. The number of benzene rings is 1. The zero-order valence-corrected chi connectivity index (χ0v) is 10.1. The van der Waals surface area contributed by atoms with E-state index in [-0.39, 0.29) is 18.1 Å². The molecular weight excluding hydrogens is 250 g/mol. The fourth-order valence-electron chi connectivity index (χ4n) is 1.40. The van der Waals surface area contributed by atoms with E-state index < -0.39 is 11.0 Å². The number of nitrogens with zero attached hydrogens (tertiary/aromatic N) is 3. The molecule has 1 aromatic carbocycles. The molecule has 1 aliphatic rings. The highest BCUT2D eigenvalue weighted by atomic mass is 16.6. The van der Waals surface area contributed by atoms with Crippen molar-refractivity contribution in [2.45, 2.75) is 6.92 Å². The molecule has 98 valence electrons. The van der Waals surface area contributed by atoms with E-state index >= 15 is 0 Å². The van der Waals surface area contributed by atoms with E-state index in [4.69, 9.17) is 4.74 Å². The SMILES string of the molecule is CC1=NCN(C(=O)Oc2ccc([N+](=O)[O-])cc2)C=C1. The lowest BCUT2D eigenvalue weighted by atomic mass is 10.3. The third-order valence-electron chi connectivity index (χ3n) is 2.46. The Kier molecular flexibility index (Phi) is 3.56. The van der Waals surface area contributed by atoms with Gasteiger partial charge in [0.2, 0.25) is 0 Å². The van der Waals surface area contributed by atoms with Gasteiger partial charge in [-0.05, 0) is 25.1 Å². The van der Waals surface area contributed by atoms with Crippen LogP contribution in [-0.2, 0) is 0 Å². The van der Waals surface area contributed by atoms with Crippen LogP contribution in [0.15, 0.2) is 41.5 Å². The first-order valence-electron chi connectivity index (χ1n) is 5.48. The Morgan fingerprint density at radius 2 is 2.11 bits per heavy atom. The highest BCUT2D eigenvalue weighted by molar-refractivity contribution is 5.94. The molecule has 0 atom stereocenters. The molecule has 7 heteroatoms. The highest BCUT2D eigenvalue weighted by Crippen LogP contribution is 2.18. The van der Waals surface area contributed by atoms with Crippen molar-refractivity contribution in [2.24, 2.45) is 4.99 Å². The Morgan fingerprint density at radius 3 is 2.63 bits per heavy atom. The maximum atomic E-state index is 11.7. The van der Waals surface area contributed by atoms with Crippen molar-refractivity contribution in [3.8, 4) is 5.75 Å². The normalized spacial score (nSPS) is 13.9. The van der Waals surface area contributed by atoms with Crippen LogP contribution in [0, 0.1) is 10.1 Å². The van der Waals surface area contributed by atoms with Gasteiger partial charge in [-0.2, -0.15) is 0 Å². The molecule has 7 nitrogen and oxygen atoms in total. The second kappa shape index (κ2) is 5.30. The Hall–Kier alpha value is -2.70. The summed E-state index contributed by atoms with van der Waals surface area (Å²) in [5, 5.41) is 10.5. The number of nitro groups is 1. The van der Waals surface area contributed by atoms with Crippen molar-refractivity contribution in [1.82, 2.24) is 4.90 Å². The van der Waals surface area contributed by atoms with E-state index in [1.54, 1.807) is 12.3 Å². The van der Waals surface area contributed by atoms with Crippen molar-refractivity contribution in [2.75, 3.05) is 6.67 Å². The molecule has 2 rings (SSSR count). The smallest absolute Gasteiger partial charge is 0.410 e. The molecule has 0 radical (unpaired) electrons. The van der Waals surface area contributed by atoms with Gasteiger partial charge in [-0.25, -0.2) is 4.79 Å². The Labute approximate surface area is 109 Å². The molecule has 0 fully saturated rings. The number of hydrogen-bond donors (Lipinski definition) is 0. The van der Waals surface area contributed by atoms with Crippen molar-refractivity contribution in [3.05, 3.63) is 46.7 Å². The number of carbonyl (C=O) groups excluding carboxylic acids is 1. The van der Waals surface area contributed by atoms with Crippen LogP contribution in [0.25, 0.3) is 0 Å². The number of rotatable bonds is 2. The van der Waals surface area contributed by atoms with Crippen LogP contribution in [0.2, 0.25) is 0 Å². The molecule has 0 N–H and O–H groups in total. The second-order valence-corrected chi connectivity index (χ2v) is 3.85. The van der Waals surface area contributed by atoms with Crippen LogP contribution in [0.5, 0.6) is 5.75 Å². The highest BCUT2D eigenvalue weighted by Gasteiger charge is 2.15. The number of allylic oxidation sites excluding steroid dienone is 1. The van der Waals surface area contributed by atoms with Crippen molar-refractivity contribution in [3.63, 3.8) is 0 Å². The number of aliphatic imine (C=N–C) groups is 1. The zero-order valence-electron chi connectivity index (χ0n) is 10.1. The monoisotopic (exact) mass is 261 g/mol. The van der Waals surface area contributed by atoms with Crippen LogP contribution >= 0.6 is 0 Å². The van der Waals surface area contributed by atoms with Gasteiger partial charge in [0.05, 0.1) is 4.92 Å². The van der Waals surface area contributed by atoms with Gasteiger partial charge in [-0.15, -0.1) is 0 Å². The zero-order chi connectivity index (χ0) is 13.8. The number of non-ortho nitro benzene ring substituents is 1. The number of carbonyl (C=O) groups is 1. The quantitative estimate of drug-likeness (QED) is 0.604. The summed E-state index contributed by atoms with van der Waals surface area (Å²) in [6.07, 6.45) is 2.69. The molecule has 19 heavy (non-hydrogen) atoms. The number of amides is 1.